The quantitative estimate of drug-likeness (QED) is 0.631. The summed E-state index contributed by atoms with van der Waals surface area (Å²) >= 11 is 0. The van der Waals surface area contributed by atoms with Crippen molar-refractivity contribution in [3.05, 3.63) is 34.1 Å². The molecule has 0 bridgehead atoms. The van der Waals surface area contributed by atoms with E-state index in [1.807, 2.05) is 0 Å². The van der Waals surface area contributed by atoms with Gasteiger partial charge in [-0.25, -0.2) is 9.18 Å². The summed E-state index contributed by atoms with van der Waals surface area (Å²) in [5, 5.41) is 9.13. The van der Waals surface area contributed by atoms with Crippen LogP contribution in [0.4, 0.5) is 4.39 Å². The molecule has 0 amide bonds. The van der Waals surface area contributed by atoms with Gasteiger partial charge in [-0.1, -0.05) is 0 Å². The van der Waals surface area contributed by atoms with Crippen LogP contribution in [0.3, 0.4) is 0 Å². The number of aryl methyl sites for hydroxylation is 1. The molecule has 3 rings (SSSR count). The van der Waals surface area contributed by atoms with E-state index in [-0.39, 0.29) is 22.6 Å². The number of nitrogens with zero attached hydrogens (tertiary/aromatic N) is 2. The molecule has 1 aromatic carbocycles. The van der Waals surface area contributed by atoms with E-state index in [1.54, 1.807) is 6.07 Å². The van der Waals surface area contributed by atoms with Gasteiger partial charge in [0.1, 0.15) is 5.52 Å². The largest absolute Gasteiger partial charge is 0.419 e. The number of nitriles is 1. The molecule has 1 aliphatic carbocycles. The number of oxazole rings is 1. The molecule has 1 aliphatic rings. The van der Waals surface area contributed by atoms with Crippen molar-refractivity contribution in [1.82, 2.24) is 4.57 Å². The predicted molar refractivity (Wildman–Crippen MR) is 72.6 cm³/mol. The van der Waals surface area contributed by atoms with Crippen LogP contribution in [-0.4, -0.2) is 16.1 Å². The molecule has 1 atom stereocenters. The average Bonchev–Trinajstić information content (AvgIpc) is 3.28. The van der Waals surface area contributed by atoms with E-state index in [9.17, 15) is 18.8 Å². The molecule has 7 heteroatoms. The van der Waals surface area contributed by atoms with Crippen molar-refractivity contribution in [3.63, 3.8) is 0 Å². The first kappa shape index (κ1) is 14.2. The number of hydrogen-bond donors (Lipinski definition) is 0. The van der Waals surface area contributed by atoms with Crippen LogP contribution in [0.5, 0.6) is 0 Å². The molecule has 0 N–H and O–H groups in total. The van der Waals surface area contributed by atoms with Gasteiger partial charge in [-0.2, -0.15) is 5.26 Å². The first-order valence-corrected chi connectivity index (χ1v) is 6.71. The number of benzene rings is 1. The van der Waals surface area contributed by atoms with Crippen molar-refractivity contribution in [1.29, 1.82) is 5.26 Å². The fraction of sp³-hybridized carbons (Fsp3) is 0.333. The van der Waals surface area contributed by atoms with E-state index < -0.39 is 29.1 Å². The van der Waals surface area contributed by atoms with Crippen LogP contribution in [0, 0.1) is 29.0 Å². The summed E-state index contributed by atoms with van der Waals surface area (Å²) in [6.45, 7) is 0. The highest BCUT2D eigenvalue weighted by Gasteiger charge is 2.39. The van der Waals surface area contributed by atoms with Gasteiger partial charge < -0.3 is 4.42 Å². The minimum absolute atomic E-state index is 0.130. The predicted octanol–water partition coefficient (Wildman–Crippen LogP) is 1.57. The van der Waals surface area contributed by atoms with Crippen molar-refractivity contribution in [2.75, 3.05) is 0 Å². The van der Waals surface area contributed by atoms with E-state index in [0.717, 1.165) is 16.7 Å². The summed E-state index contributed by atoms with van der Waals surface area (Å²) in [4.78, 5) is 36.0. The highest BCUT2D eigenvalue weighted by atomic mass is 19.1. The SMILES string of the molecule is Cn1c(=O)oc2c(C(=O)C(C#N)C(=O)C3CC3)ccc(F)c21. The van der Waals surface area contributed by atoms with Crippen molar-refractivity contribution < 1.29 is 18.4 Å². The lowest BCUT2D eigenvalue weighted by Crippen LogP contribution is -2.24. The van der Waals surface area contributed by atoms with Crippen molar-refractivity contribution in [2.45, 2.75) is 12.8 Å². The lowest BCUT2D eigenvalue weighted by Gasteiger charge is -2.07. The van der Waals surface area contributed by atoms with E-state index >= 15 is 0 Å². The monoisotopic (exact) mass is 302 g/mol. The van der Waals surface area contributed by atoms with Gasteiger partial charge in [0, 0.05) is 13.0 Å². The maximum atomic E-state index is 13.8. The smallest absolute Gasteiger partial charge is 0.407 e. The lowest BCUT2D eigenvalue weighted by atomic mass is 9.92. The lowest BCUT2D eigenvalue weighted by molar-refractivity contribution is -0.121. The first-order chi connectivity index (χ1) is 10.5. The van der Waals surface area contributed by atoms with Gasteiger partial charge in [-0.15, -0.1) is 0 Å². The number of Topliss-reactive ketones (excluding diaryl/α,β-unsaturated/α-hetero) is 2. The van der Waals surface area contributed by atoms with Gasteiger partial charge >= 0.3 is 5.76 Å². The highest BCUT2D eigenvalue weighted by molar-refractivity contribution is 6.17. The molecule has 0 aliphatic heterocycles. The van der Waals surface area contributed by atoms with Crippen LogP contribution in [0.2, 0.25) is 0 Å². The number of halogens is 1. The van der Waals surface area contributed by atoms with Crippen LogP contribution in [-0.2, 0) is 11.8 Å². The Kier molecular flexibility index (Phi) is 3.17. The van der Waals surface area contributed by atoms with Crippen LogP contribution in [0.1, 0.15) is 23.2 Å². The zero-order valence-corrected chi connectivity index (χ0v) is 11.6. The fourth-order valence-electron chi connectivity index (χ4n) is 2.41. The molecule has 0 spiro atoms. The van der Waals surface area contributed by atoms with Gasteiger partial charge in [-0.05, 0) is 25.0 Å². The summed E-state index contributed by atoms with van der Waals surface area (Å²) in [6.07, 6.45) is 1.34. The van der Waals surface area contributed by atoms with E-state index in [1.165, 1.54) is 7.05 Å². The summed E-state index contributed by atoms with van der Waals surface area (Å²) in [5.41, 5.74) is -0.526. The molecule has 112 valence electrons. The van der Waals surface area contributed by atoms with Crippen LogP contribution in [0.15, 0.2) is 21.3 Å². The molecule has 0 radical (unpaired) electrons. The Morgan fingerprint density at radius 3 is 2.73 bits per heavy atom. The summed E-state index contributed by atoms with van der Waals surface area (Å²) in [7, 11) is 1.31. The molecule has 22 heavy (non-hydrogen) atoms. The number of carbonyl (C=O) groups excluding carboxylic acids is 2. The van der Waals surface area contributed by atoms with Crippen molar-refractivity contribution >= 4 is 22.7 Å². The highest BCUT2D eigenvalue weighted by Crippen LogP contribution is 2.34. The Labute approximate surface area is 123 Å². The second kappa shape index (κ2) is 4.91. The normalized spacial score (nSPS) is 15.5. The minimum atomic E-state index is -1.45. The summed E-state index contributed by atoms with van der Waals surface area (Å²) in [5.74, 6) is -4.45. The number of fused-ring (bicyclic) bond motifs is 1. The van der Waals surface area contributed by atoms with Gasteiger partial charge in [0.25, 0.3) is 0 Å². The molecule has 1 heterocycles. The van der Waals surface area contributed by atoms with E-state index in [2.05, 4.69) is 0 Å². The molecule has 1 fully saturated rings. The van der Waals surface area contributed by atoms with Gasteiger partial charge in [0.05, 0.1) is 11.6 Å². The van der Waals surface area contributed by atoms with Crippen LogP contribution >= 0.6 is 0 Å². The molecule has 2 aromatic rings. The summed E-state index contributed by atoms with van der Waals surface area (Å²) in [6, 6.07) is 3.85. The number of carbonyl (C=O) groups is 2. The number of ketones is 2. The Morgan fingerprint density at radius 2 is 2.14 bits per heavy atom. The molecular formula is C15H11FN2O4. The second-order valence-electron chi connectivity index (χ2n) is 5.30. The van der Waals surface area contributed by atoms with Crippen LogP contribution < -0.4 is 5.76 Å². The average molecular weight is 302 g/mol. The Morgan fingerprint density at radius 1 is 1.45 bits per heavy atom. The third kappa shape index (κ3) is 2.04. The molecule has 0 saturated heterocycles. The minimum Gasteiger partial charge on any atom is -0.407 e. The zero-order chi connectivity index (χ0) is 16.0. The topological polar surface area (TPSA) is 93.1 Å². The Balaban J connectivity index is 2.14. The maximum Gasteiger partial charge on any atom is 0.419 e. The van der Waals surface area contributed by atoms with E-state index in [0.29, 0.717) is 12.8 Å². The molecule has 6 nitrogen and oxygen atoms in total. The number of rotatable bonds is 4. The van der Waals surface area contributed by atoms with Crippen molar-refractivity contribution in [2.24, 2.45) is 18.9 Å². The standard InChI is InChI=1S/C15H11FN2O4/c1-18-11-10(16)5-4-8(14(11)22-15(18)21)13(20)9(6-17)12(19)7-2-3-7/h4-5,7,9H,2-3H2,1H3. The van der Waals surface area contributed by atoms with Crippen LogP contribution in [0.25, 0.3) is 11.1 Å². The van der Waals surface area contributed by atoms with Crippen molar-refractivity contribution in [3.8, 4) is 6.07 Å². The molecule has 1 aromatic heterocycles. The second-order valence-corrected chi connectivity index (χ2v) is 5.30. The van der Waals surface area contributed by atoms with Gasteiger partial charge in [-0.3, -0.25) is 14.2 Å². The first-order valence-electron chi connectivity index (χ1n) is 6.71. The molecular weight excluding hydrogens is 291 g/mol. The number of aromatic nitrogens is 1. The van der Waals surface area contributed by atoms with Gasteiger partial charge in [0.2, 0.25) is 0 Å². The molecule has 1 unspecified atom stereocenters. The fourth-order valence-corrected chi connectivity index (χ4v) is 2.41. The Bertz CT molecular complexity index is 899. The third-order valence-electron chi connectivity index (χ3n) is 3.80. The number of hydrogen-bond acceptors (Lipinski definition) is 5. The van der Waals surface area contributed by atoms with E-state index in [4.69, 9.17) is 9.68 Å². The zero-order valence-electron chi connectivity index (χ0n) is 11.6. The molecule has 1 saturated carbocycles. The summed E-state index contributed by atoms with van der Waals surface area (Å²) < 4.78 is 19.7. The maximum absolute atomic E-state index is 13.8. The third-order valence-corrected chi connectivity index (χ3v) is 3.80. The Hall–Kier alpha value is -2.75. The van der Waals surface area contributed by atoms with Gasteiger partial charge in [0.15, 0.2) is 28.9 Å².